The summed E-state index contributed by atoms with van der Waals surface area (Å²) in [6, 6.07) is 5.31. The third kappa shape index (κ3) is 3.59. The van der Waals surface area contributed by atoms with Crippen LogP contribution in [0.2, 0.25) is 0 Å². The SMILES string of the molecule is COc1ccc(C(=O)N2CCN3CCNC(=O)C3C2)cc1N1CCOCC1. The van der Waals surface area contributed by atoms with Gasteiger partial charge >= 0.3 is 0 Å². The molecule has 2 amide bonds. The lowest BCUT2D eigenvalue weighted by Crippen LogP contribution is -2.64. The van der Waals surface area contributed by atoms with Crippen LogP contribution in [0, 0.1) is 0 Å². The number of piperazine rings is 2. The van der Waals surface area contributed by atoms with Gasteiger partial charge in [-0.15, -0.1) is 0 Å². The number of methoxy groups -OCH3 is 1. The Labute approximate surface area is 159 Å². The van der Waals surface area contributed by atoms with Crippen molar-refractivity contribution in [3.8, 4) is 5.75 Å². The zero-order valence-corrected chi connectivity index (χ0v) is 15.6. The normalized spacial score (nSPS) is 23.6. The number of carbonyl (C=O) groups excluding carboxylic acids is 2. The molecule has 8 heteroatoms. The van der Waals surface area contributed by atoms with Gasteiger partial charge in [0.25, 0.3) is 5.91 Å². The lowest BCUT2D eigenvalue weighted by atomic mass is 10.1. The molecule has 1 N–H and O–H groups in total. The Bertz CT molecular complexity index is 720. The molecule has 8 nitrogen and oxygen atoms in total. The summed E-state index contributed by atoms with van der Waals surface area (Å²) in [6.45, 7) is 6.22. The van der Waals surface area contributed by atoms with Crippen molar-refractivity contribution in [1.29, 1.82) is 0 Å². The van der Waals surface area contributed by atoms with Crippen LogP contribution in [-0.4, -0.2) is 93.8 Å². The quantitative estimate of drug-likeness (QED) is 0.789. The Morgan fingerprint density at radius 3 is 2.78 bits per heavy atom. The van der Waals surface area contributed by atoms with Crippen molar-refractivity contribution in [2.24, 2.45) is 0 Å². The Hall–Kier alpha value is -2.32. The fourth-order valence-electron chi connectivity index (χ4n) is 4.02. The average molecular weight is 374 g/mol. The highest BCUT2D eigenvalue weighted by Gasteiger charge is 2.36. The van der Waals surface area contributed by atoms with Gasteiger partial charge in [-0.25, -0.2) is 0 Å². The zero-order chi connectivity index (χ0) is 18.8. The third-order valence-corrected chi connectivity index (χ3v) is 5.56. The topological polar surface area (TPSA) is 74.4 Å². The number of anilines is 1. The molecule has 146 valence electrons. The van der Waals surface area contributed by atoms with Crippen molar-refractivity contribution in [3.05, 3.63) is 23.8 Å². The first-order valence-electron chi connectivity index (χ1n) is 9.49. The Kier molecular flexibility index (Phi) is 5.18. The van der Waals surface area contributed by atoms with Crippen molar-refractivity contribution >= 4 is 17.5 Å². The molecule has 0 aromatic heterocycles. The number of rotatable bonds is 3. The molecule has 1 atom stereocenters. The molecule has 0 radical (unpaired) electrons. The van der Waals surface area contributed by atoms with Gasteiger partial charge in [-0.1, -0.05) is 0 Å². The smallest absolute Gasteiger partial charge is 0.254 e. The third-order valence-electron chi connectivity index (χ3n) is 5.56. The summed E-state index contributed by atoms with van der Waals surface area (Å²) in [7, 11) is 1.64. The van der Waals surface area contributed by atoms with Gasteiger partial charge < -0.3 is 24.6 Å². The molecule has 1 aromatic rings. The number of fused-ring (bicyclic) bond motifs is 1. The van der Waals surface area contributed by atoms with Gasteiger partial charge in [-0.3, -0.25) is 14.5 Å². The van der Waals surface area contributed by atoms with Crippen LogP contribution in [-0.2, 0) is 9.53 Å². The Morgan fingerprint density at radius 2 is 2.00 bits per heavy atom. The Morgan fingerprint density at radius 1 is 1.19 bits per heavy atom. The standard InChI is InChI=1S/C19H26N4O4/c1-26-17-3-2-14(12-15(17)22-8-10-27-11-9-22)19(25)23-7-6-21-5-4-20-18(24)16(21)13-23/h2-3,12,16H,4-11,13H2,1H3,(H,20,24). The van der Waals surface area contributed by atoms with Crippen LogP contribution in [0.1, 0.15) is 10.4 Å². The molecular weight excluding hydrogens is 348 g/mol. The number of morpholine rings is 1. The van der Waals surface area contributed by atoms with Crippen LogP contribution in [0.5, 0.6) is 5.75 Å². The second-order valence-corrected chi connectivity index (χ2v) is 7.08. The molecule has 1 aromatic carbocycles. The largest absolute Gasteiger partial charge is 0.495 e. The van der Waals surface area contributed by atoms with Gasteiger partial charge in [0.1, 0.15) is 11.8 Å². The maximum Gasteiger partial charge on any atom is 0.254 e. The van der Waals surface area contributed by atoms with Gasteiger partial charge in [-0.05, 0) is 18.2 Å². The molecule has 3 aliphatic rings. The first-order valence-corrected chi connectivity index (χ1v) is 9.49. The van der Waals surface area contributed by atoms with Gasteiger partial charge in [0.05, 0.1) is 26.0 Å². The van der Waals surface area contributed by atoms with Crippen molar-refractivity contribution in [2.75, 3.05) is 71.0 Å². The fraction of sp³-hybridized carbons (Fsp3) is 0.579. The molecule has 0 bridgehead atoms. The summed E-state index contributed by atoms with van der Waals surface area (Å²) < 4.78 is 10.9. The Balaban J connectivity index is 1.54. The van der Waals surface area contributed by atoms with Crippen LogP contribution in [0.25, 0.3) is 0 Å². The summed E-state index contributed by atoms with van der Waals surface area (Å²) in [6.07, 6.45) is 0. The van der Waals surface area contributed by atoms with Gasteiger partial charge in [0.2, 0.25) is 5.91 Å². The van der Waals surface area contributed by atoms with Crippen LogP contribution in [0.3, 0.4) is 0 Å². The number of amides is 2. The number of nitrogens with zero attached hydrogens (tertiary/aromatic N) is 3. The molecule has 3 heterocycles. The molecule has 3 saturated heterocycles. The van der Waals surface area contributed by atoms with E-state index in [4.69, 9.17) is 9.47 Å². The van der Waals surface area contributed by atoms with E-state index in [0.29, 0.717) is 38.4 Å². The van der Waals surface area contributed by atoms with Crippen LogP contribution in [0.4, 0.5) is 5.69 Å². The van der Waals surface area contributed by atoms with E-state index in [2.05, 4.69) is 15.1 Å². The van der Waals surface area contributed by atoms with Crippen molar-refractivity contribution in [3.63, 3.8) is 0 Å². The second-order valence-electron chi connectivity index (χ2n) is 7.08. The molecule has 0 aliphatic carbocycles. The van der Waals surface area contributed by atoms with E-state index in [1.807, 2.05) is 12.1 Å². The fourth-order valence-corrected chi connectivity index (χ4v) is 4.02. The highest BCUT2D eigenvalue weighted by molar-refractivity contribution is 5.96. The summed E-state index contributed by atoms with van der Waals surface area (Å²) >= 11 is 0. The minimum absolute atomic E-state index is 0.0162. The van der Waals surface area contributed by atoms with E-state index in [1.54, 1.807) is 18.1 Å². The van der Waals surface area contributed by atoms with Crippen molar-refractivity contribution in [2.45, 2.75) is 6.04 Å². The number of nitrogens with one attached hydrogen (secondary N) is 1. The number of carbonyl (C=O) groups is 2. The molecule has 27 heavy (non-hydrogen) atoms. The molecular formula is C19H26N4O4. The van der Waals surface area contributed by atoms with E-state index in [-0.39, 0.29) is 17.9 Å². The molecule has 3 aliphatic heterocycles. The van der Waals surface area contributed by atoms with Crippen LogP contribution >= 0.6 is 0 Å². The van der Waals surface area contributed by atoms with Crippen LogP contribution < -0.4 is 15.0 Å². The number of hydrogen-bond acceptors (Lipinski definition) is 6. The number of benzene rings is 1. The molecule has 0 saturated carbocycles. The van der Waals surface area contributed by atoms with Crippen molar-refractivity contribution < 1.29 is 19.1 Å². The molecule has 1 unspecified atom stereocenters. The summed E-state index contributed by atoms with van der Waals surface area (Å²) in [5, 5.41) is 2.89. The minimum Gasteiger partial charge on any atom is -0.495 e. The summed E-state index contributed by atoms with van der Waals surface area (Å²) in [4.78, 5) is 31.4. The predicted octanol–water partition coefficient (Wildman–Crippen LogP) is -0.212. The summed E-state index contributed by atoms with van der Waals surface area (Å²) in [5.74, 6) is 0.734. The van der Waals surface area contributed by atoms with E-state index in [1.165, 1.54) is 0 Å². The lowest BCUT2D eigenvalue weighted by Gasteiger charge is -2.43. The van der Waals surface area contributed by atoms with E-state index in [0.717, 1.165) is 37.6 Å². The first kappa shape index (κ1) is 18.1. The highest BCUT2D eigenvalue weighted by Crippen LogP contribution is 2.30. The maximum absolute atomic E-state index is 13.1. The van der Waals surface area contributed by atoms with Gasteiger partial charge in [-0.2, -0.15) is 0 Å². The van der Waals surface area contributed by atoms with E-state index < -0.39 is 0 Å². The monoisotopic (exact) mass is 374 g/mol. The average Bonchev–Trinajstić information content (AvgIpc) is 2.73. The van der Waals surface area contributed by atoms with Gasteiger partial charge in [0.15, 0.2) is 0 Å². The lowest BCUT2D eigenvalue weighted by molar-refractivity contribution is -0.131. The zero-order valence-electron chi connectivity index (χ0n) is 15.6. The van der Waals surface area contributed by atoms with Gasteiger partial charge in [0, 0.05) is 51.4 Å². The van der Waals surface area contributed by atoms with Crippen LogP contribution in [0.15, 0.2) is 18.2 Å². The maximum atomic E-state index is 13.1. The summed E-state index contributed by atoms with van der Waals surface area (Å²) in [5.41, 5.74) is 1.54. The minimum atomic E-state index is -0.242. The van der Waals surface area contributed by atoms with Crippen molar-refractivity contribution in [1.82, 2.24) is 15.1 Å². The first-order chi connectivity index (χ1) is 13.2. The van der Waals surface area contributed by atoms with E-state index in [9.17, 15) is 9.59 Å². The second kappa shape index (κ2) is 7.74. The molecule has 0 spiro atoms. The molecule has 4 rings (SSSR count). The number of ether oxygens (including phenoxy) is 2. The predicted molar refractivity (Wildman–Crippen MR) is 100 cm³/mol. The highest BCUT2D eigenvalue weighted by atomic mass is 16.5. The van der Waals surface area contributed by atoms with E-state index >= 15 is 0 Å². The molecule has 3 fully saturated rings. The number of hydrogen-bond donors (Lipinski definition) is 1.